The fourth-order valence-corrected chi connectivity index (χ4v) is 2.31. The van der Waals surface area contributed by atoms with Gasteiger partial charge in [-0.05, 0) is 30.0 Å². The van der Waals surface area contributed by atoms with Gasteiger partial charge in [-0.1, -0.05) is 19.1 Å². The lowest BCUT2D eigenvalue weighted by Crippen LogP contribution is -2.37. The van der Waals surface area contributed by atoms with E-state index in [1.807, 2.05) is 6.92 Å². The molecule has 2 atom stereocenters. The van der Waals surface area contributed by atoms with Crippen molar-refractivity contribution in [3.05, 3.63) is 29.8 Å². The number of carbonyl (C=O) groups excluding carboxylic acids is 2. The summed E-state index contributed by atoms with van der Waals surface area (Å²) < 4.78 is 0. The zero-order chi connectivity index (χ0) is 15.4. The second-order valence-electron chi connectivity index (χ2n) is 5.27. The number of benzene rings is 1. The van der Waals surface area contributed by atoms with Crippen LogP contribution in [-0.2, 0) is 14.4 Å². The monoisotopic (exact) mass is 290 g/mol. The molecule has 0 saturated carbocycles. The highest BCUT2D eigenvalue weighted by Gasteiger charge is 2.27. The fourth-order valence-electron chi connectivity index (χ4n) is 2.31. The first-order chi connectivity index (χ1) is 9.95. The molecule has 6 nitrogen and oxygen atoms in total. The molecule has 0 bridgehead atoms. The van der Waals surface area contributed by atoms with Gasteiger partial charge in [0.25, 0.3) is 0 Å². The topological polar surface area (TPSA) is 95.5 Å². The third kappa shape index (κ3) is 4.05. The van der Waals surface area contributed by atoms with E-state index >= 15 is 0 Å². The molecule has 1 aromatic rings. The van der Waals surface area contributed by atoms with E-state index in [2.05, 4.69) is 10.6 Å². The van der Waals surface area contributed by atoms with Gasteiger partial charge in [0.2, 0.25) is 11.8 Å². The largest absolute Gasteiger partial charge is 0.481 e. The average Bonchev–Trinajstić information content (AvgIpc) is 2.85. The van der Waals surface area contributed by atoms with Crippen LogP contribution in [0.25, 0.3) is 0 Å². The maximum absolute atomic E-state index is 11.9. The Morgan fingerprint density at radius 3 is 2.57 bits per heavy atom. The quantitative estimate of drug-likeness (QED) is 0.765. The van der Waals surface area contributed by atoms with Crippen molar-refractivity contribution in [3.63, 3.8) is 0 Å². The Kier molecular flexibility index (Phi) is 4.57. The Morgan fingerprint density at radius 1 is 1.38 bits per heavy atom. The normalized spacial score (nSPS) is 18.9. The van der Waals surface area contributed by atoms with Gasteiger partial charge in [-0.2, -0.15) is 0 Å². The molecule has 0 aliphatic carbocycles. The van der Waals surface area contributed by atoms with Crippen LogP contribution in [0.4, 0.5) is 5.69 Å². The number of aliphatic carboxylic acids is 1. The third-order valence-corrected chi connectivity index (χ3v) is 3.54. The zero-order valence-corrected chi connectivity index (χ0v) is 11.8. The Morgan fingerprint density at radius 2 is 2.05 bits per heavy atom. The summed E-state index contributed by atoms with van der Waals surface area (Å²) in [6, 6.07) is 6.61. The molecule has 0 aromatic heterocycles. The Hall–Kier alpha value is -2.37. The summed E-state index contributed by atoms with van der Waals surface area (Å²) in [5, 5.41) is 14.1. The minimum atomic E-state index is -0.836. The Balaban J connectivity index is 1.94. The molecule has 1 unspecified atom stereocenters. The number of hydrogen-bond donors (Lipinski definition) is 3. The molecule has 3 N–H and O–H groups in total. The van der Waals surface area contributed by atoms with Gasteiger partial charge in [0.1, 0.15) is 6.04 Å². The van der Waals surface area contributed by atoms with Crippen LogP contribution in [0.15, 0.2) is 24.3 Å². The molecular formula is C15H18N2O4. The predicted molar refractivity (Wildman–Crippen MR) is 76.9 cm³/mol. The number of carbonyl (C=O) groups is 3. The van der Waals surface area contributed by atoms with E-state index in [1.54, 1.807) is 24.3 Å². The molecule has 112 valence electrons. The van der Waals surface area contributed by atoms with E-state index in [0.29, 0.717) is 18.5 Å². The van der Waals surface area contributed by atoms with E-state index in [0.717, 1.165) is 5.56 Å². The molecule has 21 heavy (non-hydrogen) atoms. The third-order valence-electron chi connectivity index (χ3n) is 3.54. The summed E-state index contributed by atoms with van der Waals surface area (Å²) in [4.78, 5) is 33.7. The van der Waals surface area contributed by atoms with Crippen LogP contribution in [0.2, 0.25) is 0 Å². The van der Waals surface area contributed by atoms with Crippen molar-refractivity contribution in [1.29, 1.82) is 0 Å². The maximum atomic E-state index is 11.9. The summed E-state index contributed by atoms with van der Waals surface area (Å²) in [7, 11) is 0. The number of anilines is 1. The van der Waals surface area contributed by atoms with Crippen LogP contribution in [0.1, 0.15) is 37.7 Å². The highest BCUT2D eigenvalue weighted by atomic mass is 16.4. The number of carboxylic acid groups (broad SMARTS) is 1. The van der Waals surface area contributed by atoms with Crippen molar-refractivity contribution < 1.29 is 19.5 Å². The summed E-state index contributed by atoms with van der Waals surface area (Å²) in [5.41, 5.74) is 1.54. The van der Waals surface area contributed by atoms with Crippen LogP contribution in [0.5, 0.6) is 0 Å². The van der Waals surface area contributed by atoms with Gasteiger partial charge >= 0.3 is 5.97 Å². The lowest BCUT2D eigenvalue weighted by atomic mass is 9.98. The standard InChI is InChI=1S/C15H18N2O4/c1-9(8-14(19)20)10-2-4-11(5-3-10)16-15(21)12-6-7-13(18)17-12/h2-5,9,12H,6-8H2,1H3,(H,16,21)(H,17,18)(H,19,20)/t9?,12-/m1/s1. The molecule has 2 rings (SSSR count). The van der Waals surface area contributed by atoms with Gasteiger partial charge in [0.05, 0.1) is 6.42 Å². The van der Waals surface area contributed by atoms with Crippen LogP contribution in [0, 0.1) is 0 Å². The van der Waals surface area contributed by atoms with Crippen LogP contribution in [0.3, 0.4) is 0 Å². The molecule has 6 heteroatoms. The molecule has 1 aliphatic rings. The van der Waals surface area contributed by atoms with Gasteiger partial charge in [0.15, 0.2) is 0 Å². The van der Waals surface area contributed by atoms with Gasteiger partial charge < -0.3 is 15.7 Å². The Labute approximate surface area is 122 Å². The number of nitrogens with one attached hydrogen (secondary N) is 2. The van der Waals surface area contributed by atoms with Crippen molar-refractivity contribution in [2.75, 3.05) is 5.32 Å². The second kappa shape index (κ2) is 6.39. The first kappa shape index (κ1) is 15.0. The van der Waals surface area contributed by atoms with Crippen LogP contribution >= 0.6 is 0 Å². The summed E-state index contributed by atoms with van der Waals surface area (Å²) >= 11 is 0. The molecular weight excluding hydrogens is 272 g/mol. The number of rotatable bonds is 5. The summed E-state index contributed by atoms with van der Waals surface area (Å²) in [5.74, 6) is -1.25. The molecule has 1 fully saturated rings. The van der Waals surface area contributed by atoms with Crippen LogP contribution < -0.4 is 10.6 Å². The van der Waals surface area contributed by atoms with Crippen molar-refractivity contribution in [1.82, 2.24) is 5.32 Å². The van der Waals surface area contributed by atoms with Crippen molar-refractivity contribution in [2.24, 2.45) is 0 Å². The van der Waals surface area contributed by atoms with Crippen molar-refractivity contribution >= 4 is 23.5 Å². The van der Waals surface area contributed by atoms with E-state index in [9.17, 15) is 14.4 Å². The highest BCUT2D eigenvalue weighted by molar-refractivity contribution is 5.98. The van der Waals surface area contributed by atoms with Gasteiger partial charge in [0, 0.05) is 12.1 Å². The minimum Gasteiger partial charge on any atom is -0.481 e. The lowest BCUT2D eigenvalue weighted by molar-refractivity contribution is -0.137. The predicted octanol–water partition coefficient (Wildman–Crippen LogP) is 1.48. The first-order valence-electron chi connectivity index (χ1n) is 6.87. The highest BCUT2D eigenvalue weighted by Crippen LogP contribution is 2.21. The Bertz CT molecular complexity index is 553. The maximum Gasteiger partial charge on any atom is 0.303 e. The zero-order valence-electron chi connectivity index (χ0n) is 11.8. The van der Waals surface area contributed by atoms with Gasteiger partial charge in [-0.15, -0.1) is 0 Å². The second-order valence-corrected chi connectivity index (χ2v) is 5.27. The average molecular weight is 290 g/mol. The first-order valence-corrected chi connectivity index (χ1v) is 6.87. The fraction of sp³-hybridized carbons (Fsp3) is 0.400. The number of hydrogen-bond acceptors (Lipinski definition) is 3. The molecule has 1 heterocycles. The molecule has 1 saturated heterocycles. The lowest BCUT2D eigenvalue weighted by Gasteiger charge is -2.13. The number of carboxylic acids is 1. The molecule has 1 aromatic carbocycles. The van der Waals surface area contributed by atoms with Gasteiger partial charge in [-0.25, -0.2) is 0 Å². The van der Waals surface area contributed by atoms with E-state index in [-0.39, 0.29) is 24.2 Å². The molecule has 0 spiro atoms. The molecule has 2 amide bonds. The number of amides is 2. The van der Waals surface area contributed by atoms with E-state index in [1.165, 1.54) is 0 Å². The van der Waals surface area contributed by atoms with Crippen molar-refractivity contribution in [2.45, 2.75) is 38.1 Å². The van der Waals surface area contributed by atoms with E-state index < -0.39 is 12.0 Å². The summed E-state index contributed by atoms with van der Waals surface area (Å²) in [6.45, 7) is 1.84. The minimum absolute atomic E-state index is 0.0693. The smallest absolute Gasteiger partial charge is 0.303 e. The van der Waals surface area contributed by atoms with Crippen molar-refractivity contribution in [3.8, 4) is 0 Å². The SMILES string of the molecule is CC(CC(=O)O)c1ccc(NC(=O)[C@H]2CCC(=O)N2)cc1. The van der Waals surface area contributed by atoms with Crippen LogP contribution in [-0.4, -0.2) is 28.9 Å². The molecule has 0 radical (unpaired) electrons. The molecule has 1 aliphatic heterocycles. The summed E-state index contributed by atoms with van der Waals surface area (Å²) in [6.07, 6.45) is 0.960. The van der Waals surface area contributed by atoms with Gasteiger partial charge in [-0.3, -0.25) is 14.4 Å². The van der Waals surface area contributed by atoms with E-state index in [4.69, 9.17) is 5.11 Å².